The van der Waals surface area contributed by atoms with Crippen molar-refractivity contribution in [2.75, 3.05) is 26.8 Å². The fraction of sp³-hybridized carbons (Fsp3) is 0.667. The number of nitrogens with one attached hydrogen (secondary N) is 2. The normalized spacial score (nSPS) is 31.7. The number of piperazine rings is 1. The topological polar surface area (TPSA) is 133 Å². The molecule has 1 amide bonds. The van der Waals surface area contributed by atoms with Crippen LogP contribution >= 0.6 is 0 Å². The molecular weight excluding hydrogens is 388 g/mol. The van der Waals surface area contributed by atoms with Crippen molar-refractivity contribution in [1.29, 1.82) is 0 Å². The summed E-state index contributed by atoms with van der Waals surface area (Å²) in [6, 6.07) is 0.140. The monoisotopic (exact) mass is 418 g/mol. The Morgan fingerprint density at radius 2 is 2.07 bits per heavy atom. The third-order valence-electron chi connectivity index (χ3n) is 6.76. The number of hydrogen-bond acceptors (Lipinski definition) is 8. The Morgan fingerprint density at radius 1 is 1.30 bits per heavy atom. The molecule has 0 spiro atoms. The van der Waals surface area contributed by atoms with Gasteiger partial charge in [-0.05, 0) is 13.3 Å². The first kappa shape index (κ1) is 20.9. The maximum absolute atomic E-state index is 13.5. The molecule has 30 heavy (non-hydrogen) atoms. The molecule has 4 unspecified atom stereocenters. The molecule has 3 heterocycles. The van der Waals surface area contributed by atoms with E-state index in [0.29, 0.717) is 35.6 Å². The van der Waals surface area contributed by atoms with Gasteiger partial charge in [0.1, 0.15) is 6.61 Å². The van der Waals surface area contributed by atoms with E-state index in [1.54, 1.807) is 14.0 Å². The highest BCUT2D eigenvalue weighted by molar-refractivity contribution is 6.25. The molecule has 9 heteroatoms. The maximum Gasteiger partial charge on any atom is 0.404 e. The number of carbonyl (C=O) groups is 3. The van der Waals surface area contributed by atoms with Gasteiger partial charge in [-0.25, -0.2) is 4.79 Å². The number of hydrogen-bond donors (Lipinski definition) is 3. The molecule has 0 bridgehead atoms. The Balaban J connectivity index is 1.64. The van der Waals surface area contributed by atoms with Gasteiger partial charge in [0, 0.05) is 37.4 Å². The van der Waals surface area contributed by atoms with Gasteiger partial charge < -0.3 is 30.7 Å². The second-order valence-corrected chi connectivity index (χ2v) is 8.41. The molecule has 2 saturated heterocycles. The van der Waals surface area contributed by atoms with E-state index in [9.17, 15) is 14.4 Å². The molecule has 4 atom stereocenters. The van der Waals surface area contributed by atoms with Crippen molar-refractivity contribution in [2.24, 2.45) is 11.7 Å². The van der Waals surface area contributed by atoms with Crippen LogP contribution in [-0.4, -0.2) is 67.2 Å². The van der Waals surface area contributed by atoms with Gasteiger partial charge in [-0.15, -0.1) is 0 Å². The first-order chi connectivity index (χ1) is 14.4. The molecule has 0 saturated carbocycles. The highest BCUT2D eigenvalue weighted by Crippen LogP contribution is 2.55. The summed E-state index contributed by atoms with van der Waals surface area (Å²) in [5.41, 5.74) is 5.76. The van der Waals surface area contributed by atoms with Gasteiger partial charge in [0.25, 0.3) is 0 Å². The first-order valence-corrected chi connectivity index (χ1v) is 10.7. The second-order valence-electron chi connectivity index (χ2n) is 8.41. The van der Waals surface area contributed by atoms with Gasteiger partial charge >= 0.3 is 6.09 Å². The number of nitrogens with zero attached hydrogens (tertiary/aromatic N) is 1. The Hall–Kier alpha value is -2.39. The van der Waals surface area contributed by atoms with E-state index in [0.717, 1.165) is 25.7 Å². The van der Waals surface area contributed by atoms with Gasteiger partial charge in [-0.3, -0.25) is 9.59 Å². The van der Waals surface area contributed by atoms with Crippen molar-refractivity contribution >= 4 is 17.7 Å². The number of amides is 1. The quantitative estimate of drug-likeness (QED) is 0.281. The third kappa shape index (κ3) is 2.94. The van der Waals surface area contributed by atoms with Crippen LogP contribution in [0.15, 0.2) is 22.5 Å². The highest BCUT2D eigenvalue weighted by atomic mass is 16.6. The second kappa shape index (κ2) is 7.70. The molecule has 0 aromatic rings. The minimum absolute atomic E-state index is 0.0408. The zero-order valence-electron chi connectivity index (χ0n) is 17.7. The predicted octanol–water partition coefficient (Wildman–Crippen LogP) is 0.560. The maximum atomic E-state index is 13.5. The number of Topliss-reactive ketones (excluding diaryl/α,β-unsaturated/α-hetero) is 2. The summed E-state index contributed by atoms with van der Waals surface area (Å²) in [7, 11) is 1.56. The molecule has 9 nitrogen and oxygen atoms in total. The molecule has 4 N–H and O–H groups in total. The number of rotatable bonds is 9. The molecule has 164 valence electrons. The lowest BCUT2D eigenvalue weighted by molar-refractivity contribution is -0.137. The van der Waals surface area contributed by atoms with Crippen molar-refractivity contribution < 1.29 is 23.9 Å². The largest absolute Gasteiger partial charge is 0.449 e. The number of allylic oxidation sites excluding steroid dienone is 2. The fourth-order valence-corrected chi connectivity index (χ4v) is 5.27. The first-order valence-electron chi connectivity index (χ1n) is 10.7. The fourth-order valence-electron chi connectivity index (χ4n) is 5.27. The van der Waals surface area contributed by atoms with Crippen molar-refractivity contribution in [3.63, 3.8) is 0 Å². The minimum atomic E-state index is -0.938. The molecule has 0 aromatic heterocycles. The van der Waals surface area contributed by atoms with E-state index in [1.807, 2.05) is 4.90 Å². The Bertz CT molecular complexity index is 850. The standard InChI is InChI=1S/C21H30N4O5/c1-4-5-6-7-8-23-15-11(2)17(26)16-14(18(15)27)12(10-30-20(22)28)21(29-3)19-13(24-19)9-25(16)21/h12-13,19,23-24H,4-10H2,1-3H3,(H2,22,28). The van der Waals surface area contributed by atoms with Crippen LogP contribution in [0.1, 0.15) is 39.5 Å². The zero-order chi connectivity index (χ0) is 21.6. The molecular formula is C21H30N4O5. The number of ketones is 2. The zero-order valence-corrected chi connectivity index (χ0v) is 17.7. The van der Waals surface area contributed by atoms with Crippen molar-refractivity contribution in [1.82, 2.24) is 15.5 Å². The lowest BCUT2D eigenvalue weighted by atomic mass is 9.82. The van der Waals surface area contributed by atoms with Crippen LogP contribution in [0.25, 0.3) is 0 Å². The Kier molecular flexibility index (Phi) is 5.36. The predicted molar refractivity (Wildman–Crippen MR) is 108 cm³/mol. The van der Waals surface area contributed by atoms with Crippen LogP contribution < -0.4 is 16.4 Å². The number of carbonyl (C=O) groups excluding carboxylic acids is 3. The highest BCUT2D eigenvalue weighted by Gasteiger charge is 2.72. The summed E-state index contributed by atoms with van der Waals surface area (Å²) in [6.07, 6.45) is 3.33. The van der Waals surface area contributed by atoms with E-state index in [1.165, 1.54) is 0 Å². The van der Waals surface area contributed by atoms with Crippen LogP contribution in [0.2, 0.25) is 0 Å². The van der Waals surface area contributed by atoms with Crippen molar-refractivity contribution in [3.8, 4) is 0 Å². The van der Waals surface area contributed by atoms with Crippen LogP contribution in [0.5, 0.6) is 0 Å². The van der Waals surface area contributed by atoms with Gasteiger partial charge in [0.05, 0.1) is 23.4 Å². The molecule has 4 aliphatic rings. The van der Waals surface area contributed by atoms with Crippen LogP contribution in [0.3, 0.4) is 0 Å². The van der Waals surface area contributed by atoms with Crippen LogP contribution in [0.4, 0.5) is 4.79 Å². The van der Waals surface area contributed by atoms with Crippen LogP contribution in [0, 0.1) is 5.92 Å². The van der Waals surface area contributed by atoms with E-state index in [4.69, 9.17) is 15.2 Å². The number of unbranched alkanes of at least 4 members (excludes halogenated alkanes) is 3. The van der Waals surface area contributed by atoms with Gasteiger partial charge in [-0.1, -0.05) is 26.2 Å². The lowest BCUT2D eigenvalue weighted by Gasteiger charge is -2.39. The Labute approximate surface area is 176 Å². The van der Waals surface area contributed by atoms with Gasteiger partial charge in [0.2, 0.25) is 11.6 Å². The smallest absolute Gasteiger partial charge is 0.404 e. The summed E-state index contributed by atoms with van der Waals surface area (Å²) >= 11 is 0. The number of ether oxygens (including phenoxy) is 2. The third-order valence-corrected chi connectivity index (χ3v) is 6.76. The molecule has 0 aromatic carbocycles. The van der Waals surface area contributed by atoms with E-state index >= 15 is 0 Å². The van der Waals surface area contributed by atoms with Crippen LogP contribution in [-0.2, 0) is 19.1 Å². The van der Waals surface area contributed by atoms with Crippen molar-refractivity contribution in [2.45, 2.75) is 57.3 Å². The Morgan fingerprint density at radius 3 is 2.73 bits per heavy atom. The summed E-state index contributed by atoms with van der Waals surface area (Å²) < 4.78 is 11.1. The van der Waals surface area contributed by atoms with Gasteiger partial charge in [-0.2, -0.15) is 0 Å². The SMILES string of the molecule is CCCCCCNC1=C(C)C(=O)C2=C(C1=O)C(COC(N)=O)C1(OC)C3NC3CN21. The number of methoxy groups -OCH3 is 1. The summed E-state index contributed by atoms with van der Waals surface area (Å²) in [6.45, 7) is 4.90. The van der Waals surface area contributed by atoms with E-state index in [2.05, 4.69) is 17.6 Å². The van der Waals surface area contributed by atoms with E-state index < -0.39 is 17.7 Å². The molecule has 1 aliphatic carbocycles. The van der Waals surface area contributed by atoms with Crippen molar-refractivity contribution in [3.05, 3.63) is 22.5 Å². The average Bonchev–Trinajstić information content (AvgIpc) is 3.33. The molecule has 4 rings (SSSR count). The minimum Gasteiger partial charge on any atom is -0.449 e. The van der Waals surface area contributed by atoms with Gasteiger partial charge in [0.15, 0.2) is 5.72 Å². The molecule has 0 radical (unpaired) electrons. The lowest BCUT2D eigenvalue weighted by Crippen LogP contribution is -2.55. The molecule has 2 fully saturated rings. The average molecular weight is 418 g/mol. The molecule has 3 aliphatic heterocycles. The summed E-state index contributed by atoms with van der Waals surface area (Å²) in [5, 5.41) is 6.54. The number of fused-ring (bicyclic) bond motifs is 4. The summed E-state index contributed by atoms with van der Waals surface area (Å²) in [5.74, 6) is -1.000. The number of nitrogens with two attached hydrogens (primary N) is 1. The van der Waals surface area contributed by atoms with E-state index in [-0.39, 0.29) is 30.3 Å². The number of primary amides is 1. The summed E-state index contributed by atoms with van der Waals surface area (Å²) in [4.78, 5) is 40.1.